The number of likely N-dealkylation sites (tertiary alicyclic amines) is 1. The third kappa shape index (κ3) is 5.79. The quantitative estimate of drug-likeness (QED) is 0.729. The van der Waals surface area contributed by atoms with Crippen LogP contribution in [0, 0.1) is 19.8 Å². The molecule has 1 aromatic rings. The van der Waals surface area contributed by atoms with Crippen LogP contribution in [0.1, 0.15) is 40.7 Å². The van der Waals surface area contributed by atoms with Crippen LogP contribution in [0.2, 0.25) is 0 Å². The predicted octanol–water partition coefficient (Wildman–Crippen LogP) is 1.57. The molecule has 2 aliphatic heterocycles. The molecule has 2 saturated heterocycles. The highest BCUT2D eigenvalue weighted by molar-refractivity contribution is 5.95. The Morgan fingerprint density at radius 2 is 1.82 bits per heavy atom. The fourth-order valence-electron chi connectivity index (χ4n) is 4.25. The second kappa shape index (κ2) is 10.0. The molecule has 1 unspecified atom stereocenters. The maximum Gasteiger partial charge on any atom is 0.253 e. The van der Waals surface area contributed by atoms with Gasteiger partial charge in [-0.2, -0.15) is 0 Å². The minimum atomic E-state index is -0.0946. The molecule has 2 heterocycles. The van der Waals surface area contributed by atoms with Gasteiger partial charge in [-0.1, -0.05) is 17.2 Å². The largest absolute Gasteiger partial charge is 0.356 e. The molecule has 2 fully saturated rings. The van der Waals surface area contributed by atoms with Crippen LogP contribution in [-0.4, -0.2) is 74.0 Å². The van der Waals surface area contributed by atoms with Gasteiger partial charge in [-0.15, -0.1) is 0 Å². The van der Waals surface area contributed by atoms with Gasteiger partial charge in [0.1, 0.15) is 0 Å². The summed E-state index contributed by atoms with van der Waals surface area (Å²) >= 11 is 0. The smallest absolute Gasteiger partial charge is 0.253 e. The first-order chi connectivity index (χ1) is 13.5. The lowest BCUT2D eigenvalue weighted by Crippen LogP contribution is -2.46. The molecule has 0 saturated carbocycles. The van der Waals surface area contributed by atoms with Crippen molar-refractivity contribution in [2.45, 2.75) is 33.1 Å². The molecule has 0 aromatic heterocycles. The molecule has 0 spiro atoms. The van der Waals surface area contributed by atoms with E-state index >= 15 is 0 Å². The van der Waals surface area contributed by atoms with Gasteiger partial charge in [-0.3, -0.25) is 9.59 Å². The topological polar surface area (TPSA) is 64.7 Å². The summed E-state index contributed by atoms with van der Waals surface area (Å²) in [5, 5.41) is 6.44. The number of piperidine rings is 1. The van der Waals surface area contributed by atoms with Crippen LogP contribution in [0.15, 0.2) is 18.2 Å². The van der Waals surface area contributed by atoms with Gasteiger partial charge < -0.3 is 20.4 Å². The first-order valence-corrected chi connectivity index (χ1v) is 10.6. The Bertz CT molecular complexity index is 665. The van der Waals surface area contributed by atoms with Crippen LogP contribution in [0.4, 0.5) is 0 Å². The van der Waals surface area contributed by atoms with Crippen molar-refractivity contribution >= 4 is 11.8 Å². The number of aryl methyl sites for hydroxylation is 2. The van der Waals surface area contributed by atoms with Gasteiger partial charge in [-0.25, -0.2) is 0 Å². The lowest BCUT2D eigenvalue weighted by atomic mass is 9.96. The monoisotopic (exact) mass is 386 g/mol. The number of piperazine rings is 1. The minimum Gasteiger partial charge on any atom is -0.356 e. The maximum atomic E-state index is 12.9. The summed E-state index contributed by atoms with van der Waals surface area (Å²) in [7, 11) is 0. The molecule has 6 nitrogen and oxygen atoms in total. The summed E-state index contributed by atoms with van der Waals surface area (Å²) in [5.74, 6) is 0.0454. The van der Waals surface area contributed by atoms with E-state index in [1.54, 1.807) is 0 Å². The van der Waals surface area contributed by atoms with Crippen LogP contribution >= 0.6 is 0 Å². The molecule has 0 aliphatic carbocycles. The third-order valence-corrected chi connectivity index (χ3v) is 5.71. The molecule has 28 heavy (non-hydrogen) atoms. The van der Waals surface area contributed by atoms with Crippen molar-refractivity contribution in [3.8, 4) is 0 Å². The number of rotatable bonds is 6. The van der Waals surface area contributed by atoms with E-state index in [2.05, 4.69) is 21.6 Å². The van der Waals surface area contributed by atoms with Gasteiger partial charge in [0.05, 0.1) is 5.92 Å². The lowest BCUT2D eigenvalue weighted by Gasteiger charge is -2.32. The van der Waals surface area contributed by atoms with Crippen LogP contribution < -0.4 is 10.6 Å². The maximum absolute atomic E-state index is 12.9. The second-order valence-corrected chi connectivity index (χ2v) is 8.20. The van der Waals surface area contributed by atoms with Gasteiger partial charge in [-0.05, 0) is 51.8 Å². The van der Waals surface area contributed by atoms with Crippen LogP contribution in [0.25, 0.3) is 0 Å². The van der Waals surface area contributed by atoms with Gasteiger partial charge in [0.15, 0.2) is 0 Å². The molecule has 1 atom stereocenters. The molecule has 6 heteroatoms. The van der Waals surface area contributed by atoms with E-state index < -0.39 is 0 Å². The van der Waals surface area contributed by atoms with Crippen LogP contribution in [0.3, 0.4) is 0 Å². The van der Waals surface area contributed by atoms with Crippen molar-refractivity contribution in [2.75, 3.05) is 52.4 Å². The van der Waals surface area contributed by atoms with Gasteiger partial charge in [0.25, 0.3) is 5.91 Å². The SMILES string of the molecule is Cc1cc(C)cc(C(=O)N2CCCC(C(=O)NCCCN3CCNCC3)C2)c1. The Morgan fingerprint density at radius 1 is 1.11 bits per heavy atom. The summed E-state index contributed by atoms with van der Waals surface area (Å²) in [6.07, 6.45) is 2.72. The van der Waals surface area contributed by atoms with Gasteiger partial charge >= 0.3 is 0 Å². The number of carbonyl (C=O) groups excluding carboxylic acids is 2. The Morgan fingerprint density at radius 3 is 2.54 bits per heavy atom. The molecule has 0 radical (unpaired) electrons. The Hall–Kier alpha value is -1.92. The molecule has 154 valence electrons. The van der Waals surface area contributed by atoms with Crippen molar-refractivity contribution in [3.63, 3.8) is 0 Å². The van der Waals surface area contributed by atoms with E-state index in [4.69, 9.17) is 0 Å². The summed E-state index contributed by atoms with van der Waals surface area (Å²) in [4.78, 5) is 29.8. The average molecular weight is 387 g/mol. The number of amides is 2. The highest BCUT2D eigenvalue weighted by atomic mass is 16.2. The van der Waals surface area contributed by atoms with Crippen molar-refractivity contribution in [1.29, 1.82) is 0 Å². The molecular weight excluding hydrogens is 352 g/mol. The van der Waals surface area contributed by atoms with E-state index in [1.165, 1.54) is 0 Å². The molecule has 0 bridgehead atoms. The summed E-state index contributed by atoms with van der Waals surface area (Å²) < 4.78 is 0. The van der Waals surface area contributed by atoms with Crippen molar-refractivity contribution in [3.05, 3.63) is 34.9 Å². The number of benzene rings is 1. The van der Waals surface area contributed by atoms with E-state index in [-0.39, 0.29) is 17.7 Å². The molecule has 3 rings (SSSR count). The van der Waals surface area contributed by atoms with Crippen molar-refractivity contribution in [2.24, 2.45) is 5.92 Å². The minimum absolute atomic E-state index is 0.0445. The van der Waals surface area contributed by atoms with E-state index in [1.807, 2.05) is 30.9 Å². The Kier molecular flexibility index (Phi) is 7.45. The lowest BCUT2D eigenvalue weighted by molar-refractivity contribution is -0.126. The number of hydrogen-bond acceptors (Lipinski definition) is 4. The molecular formula is C22H34N4O2. The highest BCUT2D eigenvalue weighted by Gasteiger charge is 2.28. The summed E-state index contributed by atoms with van der Waals surface area (Å²) in [6, 6.07) is 5.95. The number of carbonyl (C=O) groups is 2. The molecule has 2 aliphatic rings. The normalized spacial score (nSPS) is 20.8. The number of nitrogens with zero attached hydrogens (tertiary/aromatic N) is 2. The summed E-state index contributed by atoms with van der Waals surface area (Å²) in [5.41, 5.74) is 2.92. The predicted molar refractivity (Wildman–Crippen MR) is 111 cm³/mol. The number of hydrogen-bond donors (Lipinski definition) is 2. The molecule has 2 N–H and O–H groups in total. The fraction of sp³-hybridized carbons (Fsp3) is 0.636. The molecule has 2 amide bonds. The third-order valence-electron chi connectivity index (χ3n) is 5.71. The van der Waals surface area contributed by atoms with Gasteiger partial charge in [0, 0.05) is 51.4 Å². The van der Waals surface area contributed by atoms with Gasteiger partial charge in [0.2, 0.25) is 5.91 Å². The Balaban J connectivity index is 1.45. The van der Waals surface area contributed by atoms with Crippen LogP contribution in [-0.2, 0) is 4.79 Å². The van der Waals surface area contributed by atoms with Crippen molar-refractivity contribution in [1.82, 2.24) is 20.4 Å². The first kappa shape index (κ1) is 20.8. The zero-order valence-electron chi connectivity index (χ0n) is 17.3. The zero-order chi connectivity index (χ0) is 19.9. The Labute approximate surface area is 168 Å². The second-order valence-electron chi connectivity index (χ2n) is 8.20. The first-order valence-electron chi connectivity index (χ1n) is 10.6. The van der Waals surface area contributed by atoms with E-state index in [0.717, 1.165) is 75.2 Å². The standard InChI is InChI=1S/C22H34N4O2/c1-17-13-18(2)15-20(14-17)22(28)26-10-3-5-19(16-26)21(27)24-6-4-9-25-11-7-23-8-12-25/h13-15,19,23H,3-12,16H2,1-2H3,(H,24,27). The number of nitrogens with one attached hydrogen (secondary N) is 2. The van der Waals surface area contributed by atoms with Crippen LogP contribution in [0.5, 0.6) is 0 Å². The molecule has 1 aromatic carbocycles. The summed E-state index contributed by atoms with van der Waals surface area (Å²) in [6.45, 7) is 11.3. The average Bonchev–Trinajstić information content (AvgIpc) is 2.70. The highest BCUT2D eigenvalue weighted by Crippen LogP contribution is 2.20. The van der Waals surface area contributed by atoms with E-state index in [0.29, 0.717) is 13.1 Å². The van der Waals surface area contributed by atoms with E-state index in [9.17, 15) is 9.59 Å². The van der Waals surface area contributed by atoms with Crippen molar-refractivity contribution < 1.29 is 9.59 Å². The fourth-order valence-corrected chi connectivity index (χ4v) is 4.25. The zero-order valence-corrected chi connectivity index (χ0v) is 17.3.